The summed E-state index contributed by atoms with van der Waals surface area (Å²) in [5.74, 6) is 0.0288. The van der Waals surface area contributed by atoms with Crippen LogP contribution in [-0.4, -0.2) is 28.1 Å². The Bertz CT molecular complexity index is 1200. The van der Waals surface area contributed by atoms with Crippen LogP contribution in [0.2, 0.25) is 0 Å². The summed E-state index contributed by atoms with van der Waals surface area (Å²) in [5, 5.41) is 25.3. The molecule has 0 saturated heterocycles. The fourth-order valence-corrected chi connectivity index (χ4v) is 3.10. The molecule has 12 nitrogen and oxygen atoms in total. The van der Waals surface area contributed by atoms with Crippen molar-refractivity contribution in [2.75, 3.05) is 6.61 Å². The third-order valence-corrected chi connectivity index (χ3v) is 4.43. The van der Waals surface area contributed by atoms with Crippen molar-refractivity contribution in [1.29, 1.82) is 5.26 Å². The van der Waals surface area contributed by atoms with E-state index in [1.807, 2.05) is 0 Å². The number of carbonyl (C=O) groups excluding carboxylic acids is 2. The summed E-state index contributed by atoms with van der Waals surface area (Å²) in [5.41, 5.74) is -1.82. The van der Waals surface area contributed by atoms with E-state index < -0.39 is 46.3 Å². The first-order chi connectivity index (χ1) is 14.7. The first-order valence-electron chi connectivity index (χ1n) is 9.08. The Morgan fingerprint density at radius 3 is 2.74 bits per heavy atom. The van der Waals surface area contributed by atoms with E-state index in [4.69, 9.17) is 14.4 Å². The van der Waals surface area contributed by atoms with Crippen molar-refractivity contribution in [3.63, 3.8) is 0 Å². The monoisotopic (exact) mass is 427 g/mol. The van der Waals surface area contributed by atoms with Gasteiger partial charge in [0.15, 0.2) is 0 Å². The van der Waals surface area contributed by atoms with Crippen LogP contribution in [0.3, 0.4) is 0 Å². The van der Waals surface area contributed by atoms with Gasteiger partial charge in [0.2, 0.25) is 0 Å². The number of amides is 2. The fraction of sp³-hybridized carbons (Fsp3) is 0.263. The quantitative estimate of drug-likeness (QED) is 0.396. The molecular weight excluding hydrogens is 410 g/mol. The number of furan rings is 1. The number of ether oxygens (including phenoxy) is 1. The van der Waals surface area contributed by atoms with Gasteiger partial charge in [0.05, 0.1) is 35.5 Å². The van der Waals surface area contributed by atoms with Crippen LogP contribution >= 0.6 is 0 Å². The summed E-state index contributed by atoms with van der Waals surface area (Å²) in [6, 6.07) is 4.00. The lowest BCUT2D eigenvalue weighted by Crippen LogP contribution is -2.47. The third-order valence-electron chi connectivity index (χ3n) is 4.43. The van der Waals surface area contributed by atoms with Crippen LogP contribution in [0, 0.1) is 28.4 Å². The molecule has 0 aliphatic carbocycles. The summed E-state index contributed by atoms with van der Waals surface area (Å²) >= 11 is 0. The Kier molecular flexibility index (Phi) is 5.87. The molecule has 0 aromatic carbocycles. The summed E-state index contributed by atoms with van der Waals surface area (Å²) < 4.78 is 11.5. The van der Waals surface area contributed by atoms with Gasteiger partial charge in [-0.25, -0.2) is 9.59 Å². The van der Waals surface area contributed by atoms with Gasteiger partial charge < -0.3 is 24.4 Å². The van der Waals surface area contributed by atoms with Crippen LogP contribution in [0.1, 0.15) is 30.0 Å². The Morgan fingerprint density at radius 2 is 2.16 bits per heavy atom. The first-order valence-corrected chi connectivity index (χ1v) is 9.08. The second kappa shape index (κ2) is 8.54. The van der Waals surface area contributed by atoms with E-state index in [9.17, 15) is 24.5 Å². The SMILES string of the molecule is CCOC(=O)C1=C(Cn2cc([N+](=O)[O-])cc(C#N)c2=O)NC(=O)N[C@H]1c1ccc(C)o1. The number of hydrogen-bond donors (Lipinski definition) is 2. The van der Waals surface area contributed by atoms with Gasteiger partial charge in [-0.3, -0.25) is 14.9 Å². The molecule has 2 N–H and O–H groups in total. The molecular formula is C19H17N5O7. The number of allylic oxidation sites excluding steroid dienone is 1. The van der Waals surface area contributed by atoms with Crippen LogP contribution in [-0.2, 0) is 16.1 Å². The lowest BCUT2D eigenvalue weighted by molar-refractivity contribution is -0.385. The normalized spacial score (nSPS) is 15.6. The number of aryl methyl sites for hydroxylation is 1. The van der Waals surface area contributed by atoms with Gasteiger partial charge in [0, 0.05) is 6.07 Å². The van der Waals surface area contributed by atoms with Crippen molar-refractivity contribution < 1.29 is 23.7 Å². The standard InChI is InChI=1S/C19H17N5O7/c1-3-30-18(26)15-13(21-19(27)22-16(15)14-5-4-10(2)31-14)9-23-8-12(24(28)29)6-11(7-20)17(23)25/h4-6,8,16H,3,9H2,1-2H3,(H2,21,22,27)/t16-/m0/s1. The van der Waals surface area contributed by atoms with Crippen molar-refractivity contribution in [3.05, 3.63) is 73.2 Å². The number of nitro groups is 1. The Hall–Kier alpha value is -4.40. The zero-order valence-electron chi connectivity index (χ0n) is 16.5. The number of nitriles is 1. The molecule has 1 atom stereocenters. The van der Waals surface area contributed by atoms with E-state index in [-0.39, 0.29) is 23.6 Å². The highest BCUT2D eigenvalue weighted by Gasteiger charge is 2.36. The second-order valence-corrected chi connectivity index (χ2v) is 6.51. The van der Waals surface area contributed by atoms with Gasteiger partial charge in [0.1, 0.15) is 29.2 Å². The smallest absolute Gasteiger partial charge is 0.338 e. The molecule has 2 aromatic heterocycles. The van der Waals surface area contributed by atoms with Gasteiger partial charge in [-0.2, -0.15) is 5.26 Å². The summed E-state index contributed by atoms with van der Waals surface area (Å²) in [4.78, 5) is 47.9. The molecule has 31 heavy (non-hydrogen) atoms. The zero-order chi connectivity index (χ0) is 22.7. The van der Waals surface area contributed by atoms with E-state index in [1.54, 1.807) is 32.0 Å². The fourth-order valence-electron chi connectivity index (χ4n) is 3.10. The van der Waals surface area contributed by atoms with Gasteiger partial charge in [-0.05, 0) is 26.0 Å². The first kappa shape index (κ1) is 21.3. The summed E-state index contributed by atoms with van der Waals surface area (Å²) in [6.07, 6.45) is 0.930. The molecule has 0 unspecified atom stereocenters. The zero-order valence-corrected chi connectivity index (χ0v) is 16.5. The largest absolute Gasteiger partial charge is 0.464 e. The maximum atomic E-state index is 12.7. The van der Waals surface area contributed by atoms with Crippen LogP contribution in [0.4, 0.5) is 10.5 Å². The number of rotatable bonds is 6. The lowest BCUT2D eigenvalue weighted by Gasteiger charge is -2.28. The molecule has 3 heterocycles. The minimum atomic E-state index is -1.01. The molecule has 0 radical (unpaired) electrons. The van der Waals surface area contributed by atoms with Crippen LogP contribution in [0.5, 0.6) is 0 Å². The molecule has 2 amide bonds. The Labute approximate surface area is 174 Å². The number of carbonyl (C=O) groups is 2. The molecule has 1 aliphatic heterocycles. The van der Waals surface area contributed by atoms with Gasteiger partial charge in [-0.1, -0.05) is 0 Å². The predicted octanol–water partition coefficient (Wildman–Crippen LogP) is 1.40. The number of pyridine rings is 1. The third kappa shape index (κ3) is 4.30. The summed E-state index contributed by atoms with van der Waals surface area (Å²) in [7, 11) is 0. The highest BCUT2D eigenvalue weighted by Crippen LogP contribution is 2.29. The number of hydrogen-bond acceptors (Lipinski definition) is 8. The topological polar surface area (TPSA) is 170 Å². The van der Waals surface area contributed by atoms with E-state index in [1.165, 1.54) is 0 Å². The van der Waals surface area contributed by atoms with E-state index in [0.717, 1.165) is 16.8 Å². The molecule has 1 aliphatic rings. The molecule has 12 heteroatoms. The molecule has 0 bridgehead atoms. The van der Waals surface area contributed by atoms with Crippen LogP contribution < -0.4 is 16.2 Å². The molecule has 0 saturated carbocycles. The van der Waals surface area contributed by atoms with Crippen molar-refractivity contribution in [2.45, 2.75) is 26.4 Å². The van der Waals surface area contributed by atoms with E-state index >= 15 is 0 Å². The lowest BCUT2D eigenvalue weighted by atomic mass is 10.00. The second-order valence-electron chi connectivity index (χ2n) is 6.51. The van der Waals surface area contributed by atoms with Crippen molar-refractivity contribution in [2.24, 2.45) is 0 Å². The predicted molar refractivity (Wildman–Crippen MR) is 104 cm³/mol. The minimum absolute atomic E-state index is 0.0206. The van der Waals surface area contributed by atoms with E-state index in [2.05, 4.69) is 10.6 Å². The molecule has 3 rings (SSSR count). The van der Waals surface area contributed by atoms with Crippen LogP contribution in [0.15, 0.2) is 44.9 Å². The van der Waals surface area contributed by atoms with Gasteiger partial charge in [0.25, 0.3) is 11.2 Å². The number of nitrogens with one attached hydrogen (secondary N) is 2. The highest BCUT2D eigenvalue weighted by molar-refractivity contribution is 5.94. The average Bonchev–Trinajstić information content (AvgIpc) is 3.15. The molecule has 2 aromatic rings. The van der Waals surface area contributed by atoms with Gasteiger partial charge >= 0.3 is 12.0 Å². The number of nitrogens with zero attached hydrogens (tertiary/aromatic N) is 3. The number of urea groups is 1. The summed E-state index contributed by atoms with van der Waals surface area (Å²) in [6.45, 7) is 2.91. The van der Waals surface area contributed by atoms with E-state index in [0.29, 0.717) is 5.76 Å². The minimum Gasteiger partial charge on any atom is -0.464 e. The molecule has 0 fully saturated rings. The van der Waals surface area contributed by atoms with Crippen LogP contribution in [0.25, 0.3) is 0 Å². The van der Waals surface area contributed by atoms with Crippen molar-refractivity contribution >= 4 is 17.7 Å². The maximum Gasteiger partial charge on any atom is 0.338 e. The van der Waals surface area contributed by atoms with Gasteiger partial charge in [-0.15, -0.1) is 0 Å². The van der Waals surface area contributed by atoms with Crippen molar-refractivity contribution in [1.82, 2.24) is 15.2 Å². The maximum absolute atomic E-state index is 12.7. The molecule has 160 valence electrons. The highest BCUT2D eigenvalue weighted by atomic mass is 16.6. The van der Waals surface area contributed by atoms with Crippen molar-refractivity contribution in [3.8, 4) is 6.07 Å². The average molecular weight is 427 g/mol. The molecule has 0 spiro atoms. The number of aromatic nitrogens is 1. The Morgan fingerprint density at radius 1 is 1.42 bits per heavy atom. The Balaban J connectivity index is 2.17. The number of esters is 1.